The van der Waals surface area contributed by atoms with E-state index in [1.54, 1.807) is 0 Å². The van der Waals surface area contributed by atoms with Gasteiger partial charge in [-0.1, -0.05) is 24.3 Å². The average molecular weight is 307 g/mol. The van der Waals surface area contributed by atoms with E-state index < -0.39 is 6.04 Å². The van der Waals surface area contributed by atoms with Gasteiger partial charge in [-0.25, -0.2) is 0 Å². The molecule has 0 saturated carbocycles. The number of nitrogens with one attached hydrogen (secondary N) is 2. The highest BCUT2D eigenvalue weighted by Crippen LogP contribution is 2.19. The molecule has 0 aliphatic carbocycles. The molecule has 1 heterocycles. The lowest BCUT2D eigenvalue weighted by Gasteiger charge is -2.13. The van der Waals surface area contributed by atoms with Gasteiger partial charge in [0.2, 0.25) is 5.91 Å². The maximum Gasteiger partial charge on any atom is 0.241 e. The molecular formula is C19H21N3O. The number of amides is 1. The van der Waals surface area contributed by atoms with E-state index in [-0.39, 0.29) is 5.91 Å². The van der Waals surface area contributed by atoms with Crippen LogP contribution in [0.3, 0.4) is 0 Å². The molecule has 0 spiro atoms. The van der Waals surface area contributed by atoms with Crippen molar-refractivity contribution in [2.75, 3.05) is 5.32 Å². The molecule has 3 aromatic rings. The second-order valence-electron chi connectivity index (χ2n) is 5.96. The van der Waals surface area contributed by atoms with Crippen molar-refractivity contribution in [2.45, 2.75) is 26.3 Å². The number of hydrogen-bond acceptors (Lipinski definition) is 2. The highest BCUT2D eigenvalue weighted by atomic mass is 16.2. The molecule has 0 aliphatic rings. The van der Waals surface area contributed by atoms with Crippen molar-refractivity contribution in [1.82, 2.24) is 4.98 Å². The number of benzene rings is 2. The average Bonchev–Trinajstić information content (AvgIpc) is 2.94. The minimum atomic E-state index is -0.587. The van der Waals surface area contributed by atoms with E-state index in [1.165, 1.54) is 5.56 Å². The maximum absolute atomic E-state index is 12.3. The van der Waals surface area contributed by atoms with Gasteiger partial charge in [0.05, 0.1) is 6.04 Å². The van der Waals surface area contributed by atoms with Crippen LogP contribution in [0.15, 0.2) is 48.7 Å². The Bertz CT molecular complexity index is 851. The number of aromatic amines is 1. The Kier molecular flexibility index (Phi) is 4.17. The van der Waals surface area contributed by atoms with Gasteiger partial charge in [0, 0.05) is 22.8 Å². The molecule has 4 N–H and O–H groups in total. The molecule has 1 unspecified atom stereocenters. The van der Waals surface area contributed by atoms with Crippen molar-refractivity contribution in [3.8, 4) is 0 Å². The Morgan fingerprint density at radius 3 is 2.74 bits per heavy atom. The van der Waals surface area contributed by atoms with E-state index in [0.29, 0.717) is 6.42 Å². The van der Waals surface area contributed by atoms with Gasteiger partial charge >= 0.3 is 0 Å². The lowest BCUT2D eigenvalue weighted by Crippen LogP contribution is -2.37. The first-order valence-electron chi connectivity index (χ1n) is 7.73. The first-order chi connectivity index (χ1) is 11.0. The van der Waals surface area contributed by atoms with Crippen molar-refractivity contribution in [3.63, 3.8) is 0 Å². The molecule has 3 rings (SSSR count). The smallest absolute Gasteiger partial charge is 0.241 e. The summed E-state index contributed by atoms with van der Waals surface area (Å²) in [5.74, 6) is -0.168. The third-order valence-corrected chi connectivity index (χ3v) is 4.23. The predicted octanol–water partition coefficient (Wildman–Crippen LogP) is 3.29. The van der Waals surface area contributed by atoms with E-state index in [4.69, 9.17) is 5.73 Å². The highest BCUT2D eigenvalue weighted by molar-refractivity contribution is 5.95. The molecule has 0 radical (unpaired) electrons. The fourth-order valence-electron chi connectivity index (χ4n) is 2.68. The van der Waals surface area contributed by atoms with Gasteiger partial charge in [-0.2, -0.15) is 0 Å². The van der Waals surface area contributed by atoms with Crippen LogP contribution in [0.2, 0.25) is 0 Å². The molecule has 0 aliphatic heterocycles. The lowest BCUT2D eigenvalue weighted by molar-refractivity contribution is -0.117. The molecule has 4 heteroatoms. The summed E-state index contributed by atoms with van der Waals surface area (Å²) in [6, 6.07) is 13.3. The summed E-state index contributed by atoms with van der Waals surface area (Å²) in [5.41, 5.74) is 11.3. The SMILES string of the molecule is Cc1ccc(NC(=O)C(N)Cc2c[nH]c3ccccc23)cc1C. The monoisotopic (exact) mass is 307 g/mol. The van der Waals surface area contributed by atoms with E-state index >= 15 is 0 Å². The second kappa shape index (κ2) is 6.26. The standard InChI is InChI=1S/C19H21N3O/c1-12-7-8-15(9-13(12)2)22-19(23)17(20)10-14-11-21-18-6-4-3-5-16(14)18/h3-9,11,17,21H,10,20H2,1-2H3,(H,22,23). The molecule has 23 heavy (non-hydrogen) atoms. The molecule has 1 aromatic heterocycles. The van der Waals surface area contributed by atoms with Crippen LogP contribution in [-0.4, -0.2) is 16.9 Å². The predicted molar refractivity (Wildman–Crippen MR) is 94.5 cm³/mol. The maximum atomic E-state index is 12.3. The van der Waals surface area contributed by atoms with Crippen molar-refractivity contribution in [2.24, 2.45) is 5.73 Å². The largest absolute Gasteiger partial charge is 0.361 e. The summed E-state index contributed by atoms with van der Waals surface area (Å²) in [6.45, 7) is 4.07. The van der Waals surface area contributed by atoms with Crippen molar-refractivity contribution in [3.05, 3.63) is 65.4 Å². The van der Waals surface area contributed by atoms with Gasteiger partial charge in [-0.05, 0) is 55.2 Å². The summed E-state index contributed by atoms with van der Waals surface area (Å²) >= 11 is 0. The van der Waals surface area contributed by atoms with Crippen LogP contribution in [0, 0.1) is 13.8 Å². The summed E-state index contributed by atoms with van der Waals surface area (Å²) in [7, 11) is 0. The van der Waals surface area contributed by atoms with Crippen molar-refractivity contribution in [1.29, 1.82) is 0 Å². The third-order valence-electron chi connectivity index (χ3n) is 4.23. The Labute approximate surface area is 135 Å². The Hall–Kier alpha value is -2.59. The number of anilines is 1. The molecule has 1 amide bonds. The summed E-state index contributed by atoms with van der Waals surface area (Å²) in [5, 5.41) is 4.01. The van der Waals surface area contributed by atoms with E-state index in [1.807, 2.05) is 62.5 Å². The summed E-state index contributed by atoms with van der Waals surface area (Å²) < 4.78 is 0. The van der Waals surface area contributed by atoms with Gasteiger partial charge in [0.1, 0.15) is 0 Å². The third kappa shape index (κ3) is 3.27. The number of aromatic nitrogens is 1. The number of fused-ring (bicyclic) bond motifs is 1. The molecular weight excluding hydrogens is 286 g/mol. The van der Waals surface area contributed by atoms with Crippen LogP contribution in [0.25, 0.3) is 10.9 Å². The highest BCUT2D eigenvalue weighted by Gasteiger charge is 2.16. The minimum absolute atomic E-state index is 0.168. The topological polar surface area (TPSA) is 70.9 Å². The fraction of sp³-hybridized carbons (Fsp3) is 0.211. The van der Waals surface area contributed by atoms with Crippen LogP contribution in [0.5, 0.6) is 0 Å². The number of H-pyrrole nitrogens is 1. The molecule has 0 saturated heterocycles. The summed E-state index contributed by atoms with van der Waals surface area (Å²) in [6.07, 6.45) is 2.43. The van der Waals surface area contributed by atoms with Gasteiger partial charge in [0.25, 0.3) is 0 Å². The molecule has 0 fully saturated rings. The second-order valence-corrected chi connectivity index (χ2v) is 5.96. The van der Waals surface area contributed by atoms with Gasteiger partial charge in [-0.15, -0.1) is 0 Å². The Morgan fingerprint density at radius 1 is 1.17 bits per heavy atom. The van der Waals surface area contributed by atoms with Gasteiger partial charge in [-0.3, -0.25) is 4.79 Å². The van der Waals surface area contributed by atoms with E-state index in [9.17, 15) is 4.79 Å². The number of nitrogens with two attached hydrogens (primary N) is 1. The molecule has 0 bridgehead atoms. The molecule has 2 aromatic carbocycles. The first kappa shape index (κ1) is 15.3. The number of carbonyl (C=O) groups is 1. The number of para-hydroxylation sites is 1. The molecule has 1 atom stereocenters. The molecule has 4 nitrogen and oxygen atoms in total. The zero-order valence-corrected chi connectivity index (χ0v) is 13.4. The van der Waals surface area contributed by atoms with Crippen LogP contribution < -0.4 is 11.1 Å². The van der Waals surface area contributed by atoms with Gasteiger partial charge in [0.15, 0.2) is 0 Å². The lowest BCUT2D eigenvalue weighted by atomic mass is 10.0. The zero-order chi connectivity index (χ0) is 16.4. The Balaban J connectivity index is 1.71. The quantitative estimate of drug-likeness (QED) is 0.692. The number of hydrogen-bond donors (Lipinski definition) is 3. The fourth-order valence-corrected chi connectivity index (χ4v) is 2.68. The van der Waals surface area contributed by atoms with E-state index in [0.717, 1.165) is 27.7 Å². The van der Waals surface area contributed by atoms with Crippen LogP contribution in [0.4, 0.5) is 5.69 Å². The van der Waals surface area contributed by atoms with E-state index in [2.05, 4.69) is 10.3 Å². The van der Waals surface area contributed by atoms with Gasteiger partial charge < -0.3 is 16.0 Å². The molecule has 118 valence electrons. The normalized spacial score (nSPS) is 12.3. The minimum Gasteiger partial charge on any atom is -0.361 e. The Morgan fingerprint density at radius 2 is 1.96 bits per heavy atom. The van der Waals surface area contributed by atoms with Crippen LogP contribution in [-0.2, 0) is 11.2 Å². The first-order valence-corrected chi connectivity index (χ1v) is 7.73. The zero-order valence-electron chi connectivity index (χ0n) is 13.4. The van der Waals surface area contributed by atoms with Crippen molar-refractivity contribution >= 4 is 22.5 Å². The number of rotatable bonds is 4. The van der Waals surface area contributed by atoms with Crippen molar-refractivity contribution < 1.29 is 4.79 Å². The number of aryl methyl sites for hydroxylation is 2. The van der Waals surface area contributed by atoms with Crippen LogP contribution >= 0.6 is 0 Å². The number of carbonyl (C=O) groups excluding carboxylic acids is 1. The van der Waals surface area contributed by atoms with Crippen LogP contribution in [0.1, 0.15) is 16.7 Å². The summed E-state index contributed by atoms with van der Waals surface area (Å²) in [4.78, 5) is 15.5.